The summed E-state index contributed by atoms with van der Waals surface area (Å²) in [6.45, 7) is 8.53. The van der Waals surface area contributed by atoms with Gasteiger partial charge >= 0.3 is 0 Å². The highest BCUT2D eigenvalue weighted by atomic mass is 79.9. The number of furan rings is 1. The molecule has 0 aromatic carbocycles. The van der Waals surface area contributed by atoms with Crippen LogP contribution in [0.5, 0.6) is 0 Å². The summed E-state index contributed by atoms with van der Waals surface area (Å²) in [5.41, 5.74) is 0. The van der Waals surface area contributed by atoms with Crippen LogP contribution in [0.25, 0.3) is 6.08 Å². The Balaban J connectivity index is 1.84. The van der Waals surface area contributed by atoms with Crippen LogP contribution in [0.4, 0.5) is 0 Å². The Labute approximate surface area is 168 Å². The highest BCUT2D eigenvalue weighted by molar-refractivity contribution is 9.10. The summed E-state index contributed by atoms with van der Waals surface area (Å²) in [6, 6.07) is 2.93. The van der Waals surface area contributed by atoms with E-state index in [4.69, 9.17) is 9.15 Å². The lowest BCUT2D eigenvalue weighted by molar-refractivity contribution is -0.128. The molecule has 0 spiro atoms. The van der Waals surface area contributed by atoms with Crippen LogP contribution in [0.1, 0.15) is 26.0 Å². The number of rotatable bonds is 9. The van der Waals surface area contributed by atoms with Gasteiger partial charge in [-0.05, 0) is 40.1 Å². The number of hydrogen-bond acceptors (Lipinski definition) is 5. The van der Waals surface area contributed by atoms with Gasteiger partial charge in [-0.15, -0.1) is 0 Å². The van der Waals surface area contributed by atoms with E-state index in [1.54, 1.807) is 18.2 Å². The van der Waals surface area contributed by atoms with E-state index in [9.17, 15) is 9.59 Å². The fraction of sp³-hybridized carbons (Fsp3) is 0.579. The highest BCUT2D eigenvalue weighted by Crippen LogP contribution is 2.15. The molecule has 2 unspecified atom stereocenters. The zero-order chi connectivity index (χ0) is 19.6. The van der Waals surface area contributed by atoms with Crippen molar-refractivity contribution < 1.29 is 18.7 Å². The average molecular weight is 442 g/mol. The van der Waals surface area contributed by atoms with Gasteiger partial charge in [0.05, 0.1) is 13.2 Å². The maximum Gasteiger partial charge on any atom is 0.244 e. The first-order valence-corrected chi connectivity index (χ1v) is 10.1. The molecule has 2 amide bonds. The quantitative estimate of drug-likeness (QED) is 0.572. The molecule has 8 heteroatoms. The van der Waals surface area contributed by atoms with E-state index in [0.29, 0.717) is 17.0 Å². The fourth-order valence-electron chi connectivity index (χ4n) is 2.75. The molecule has 1 saturated heterocycles. The Morgan fingerprint density at radius 1 is 1.33 bits per heavy atom. The number of carbonyl (C=O) groups is 2. The molecule has 2 heterocycles. The van der Waals surface area contributed by atoms with Gasteiger partial charge in [0, 0.05) is 32.3 Å². The van der Waals surface area contributed by atoms with Gasteiger partial charge in [-0.1, -0.05) is 20.3 Å². The molecule has 0 bridgehead atoms. The molecule has 2 N–H and O–H groups in total. The molecular formula is C19H28BrN3O4. The summed E-state index contributed by atoms with van der Waals surface area (Å²) in [5.74, 6) is 0.117. The number of morpholine rings is 1. The Morgan fingerprint density at radius 2 is 2.07 bits per heavy atom. The summed E-state index contributed by atoms with van der Waals surface area (Å²) < 4.78 is 11.2. The molecule has 0 saturated carbocycles. The highest BCUT2D eigenvalue weighted by Gasteiger charge is 2.25. The summed E-state index contributed by atoms with van der Waals surface area (Å²) in [5, 5.41) is 5.75. The largest absolute Gasteiger partial charge is 0.450 e. The molecule has 150 valence electrons. The van der Waals surface area contributed by atoms with Crippen LogP contribution in [-0.2, 0) is 14.3 Å². The molecule has 2 rings (SSSR count). The molecule has 1 aliphatic rings. The Kier molecular flexibility index (Phi) is 9.03. The third kappa shape index (κ3) is 7.48. The van der Waals surface area contributed by atoms with Crippen molar-refractivity contribution in [2.75, 3.05) is 39.4 Å². The van der Waals surface area contributed by atoms with E-state index < -0.39 is 6.04 Å². The first-order chi connectivity index (χ1) is 13.0. The topological polar surface area (TPSA) is 83.8 Å². The standard InChI is InChI=1S/C19H28BrN3O4/c1-3-14(2)18(19(25)21-8-9-23-10-12-26-13-11-23)22-17(24)7-5-15-4-6-16(20)27-15/h4-7,14,18H,3,8-13H2,1-2H3,(H,21,25)(H,22,24). The number of hydrogen-bond donors (Lipinski definition) is 2. The van der Waals surface area contributed by atoms with Crippen LogP contribution in [0.2, 0.25) is 0 Å². The molecule has 0 radical (unpaired) electrons. The lowest BCUT2D eigenvalue weighted by Gasteiger charge is -2.27. The molecule has 1 aliphatic heterocycles. The van der Waals surface area contributed by atoms with Gasteiger partial charge in [0.15, 0.2) is 4.67 Å². The molecule has 0 aliphatic carbocycles. The van der Waals surface area contributed by atoms with Crippen LogP contribution in [-0.4, -0.2) is 62.1 Å². The predicted octanol–water partition coefficient (Wildman–Crippen LogP) is 2.03. The predicted molar refractivity (Wildman–Crippen MR) is 107 cm³/mol. The third-order valence-corrected chi connectivity index (χ3v) is 5.04. The van der Waals surface area contributed by atoms with Crippen molar-refractivity contribution in [1.29, 1.82) is 0 Å². The van der Waals surface area contributed by atoms with Gasteiger partial charge in [-0.25, -0.2) is 0 Å². The van der Waals surface area contributed by atoms with Crippen LogP contribution in [0.3, 0.4) is 0 Å². The summed E-state index contributed by atoms with van der Waals surface area (Å²) in [7, 11) is 0. The maximum atomic E-state index is 12.6. The SMILES string of the molecule is CCC(C)C(NC(=O)C=Cc1ccc(Br)o1)C(=O)NCCN1CCOCC1. The molecule has 1 aromatic heterocycles. The molecule has 1 fully saturated rings. The van der Waals surface area contributed by atoms with Crippen molar-refractivity contribution in [3.05, 3.63) is 28.6 Å². The number of ether oxygens (including phenoxy) is 1. The number of amides is 2. The van der Waals surface area contributed by atoms with Gasteiger partial charge in [-0.3, -0.25) is 14.5 Å². The molecular weight excluding hydrogens is 414 g/mol. The summed E-state index contributed by atoms with van der Waals surface area (Å²) in [4.78, 5) is 27.1. The second kappa shape index (κ2) is 11.3. The maximum absolute atomic E-state index is 12.6. The van der Waals surface area contributed by atoms with E-state index >= 15 is 0 Å². The first-order valence-electron chi connectivity index (χ1n) is 9.31. The lowest BCUT2D eigenvalue weighted by Crippen LogP contribution is -2.51. The van der Waals surface area contributed by atoms with Crippen molar-refractivity contribution in [2.45, 2.75) is 26.3 Å². The first kappa shape index (κ1) is 21.7. The smallest absolute Gasteiger partial charge is 0.244 e. The van der Waals surface area contributed by atoms with Crippen LogP contribution < -0.4 is 10.6 Å². The lowest BCUT2D eigenvalue weighted by atomic mass is 9.98. The third-order valence-electron chi connectivity index (χ3n) is 4.62. The van der Waals surface area contributed by atoms with Gasteiger partial charge in [0.2, 0.25) is 11.8 Å². The second-order valence-electron chi connectivity index (χ2n) is 6.59. The van der Waals surface area contributed by atoms with Crippen molar-refractivity contribution in [2.24, 2.45) is 5.92 Å². The molecule has 2 atom stereocenters. The van der Waals surface area contributed by atoms with Crippen molar-refractivity contribution in [3.8, 4) is 0 Å². The molecule has 7 nitrogen and oxygen atoms in total. The zero-order valence-electron chi connectivity index (χ0n) is 15.9. The van der Waals surface area contributed by atoms with Gasteiger partial charge in [0.25, 0.3) is 0 Å². The minimum absolute atomic E-state index is 0.0310. The van der Waals surface area contributed by atoms with E-state index in [0.717, 1.165) is 39.3 Å². The van der Waals surface area contributed by atoms with Crippen molar-refractivity contribution >= 4 is 33.8 Å². The van der Waals surface area contributed by atoms with Crippen LogP contribution in [0, 0.1) is 5.92 Å². The monoisotopic (exact) mass is 441 g/mol. The zero-order valence-corrected chi connectivity index (χ0v) is 17.5. The Hall–Kier alpha value is -1.64. The molecule has 27 heavy (non-hydrogen) atoms. The summed E-state index contributed by atoms with van der Waals surface area (Å²) in [6.07, 6.45) is 3.74. The number of nitrogens with one attached hydrogen (secondary N) is 2. The minimum Gasteiger partial charge on any atom is -0.450 e. The summed E-state index contributed by atoms with van der Waals surface area (Å²) >= 11 is 3.22. The minimum atomic E-state index is -0.569. The normalized spacial score (nSPS) is 17.6. The number of halogens is 1. The van der Waals surface area contributed by atoms with E-state index in [2.05, 4.69) is 31.5 Å². The van der Waals surface area contributed by atoms with E-state index in [1.807, 2.05) is 13.8 Å². The average Bonchev–Trinajstić information content (AvgIpc) is 3.10. The number of nitrogens with zero attached hydrogens (tertiary/aromatic N) is 1. The van der Waals surface area contributed by atoms with E-state index in [1.165, 1.54) is 6.08 Å². The van der Waals surface area contributed by atoms with Gasteiger partial charge in [0.1, 0.15) is 11.8 Å². The van der Waals surface area contributed by atoms with Crippen LogP contribution in [0.15, 0.2) is 27.3 Å². The molecule has 1 aromatic rings. The fourth-order valence-corrected chi connectivity index (χ4v) is 3.07. The van der Waals surface area contributed by atoms with Crippen molar-refractivity contribution in [3.63, 3.8) is 0 Å². The van der Waals surface area contributed by atoms with Crippen LogP contribution >= 0.6 is 15.9 Å². The van der Waals surface area contributed by atoms with Crippen molar-refractivity contribution in [1.82, 2.24) is 15.5 Å². The van der Waals surface area contributed by atoms with E-state index in [-0.39, 0.29) is 17.7 Å². The van der Waals surface area contributed by atoms with Gasteiger partial charge < -0.3 is 19.8 Å². The van der Waals surface area contributed by atoms with Gasteiger partial charge in [-0.2, -0.15) is 0 Å². The second-order valence-corrected chi connectivity index (χ2v) is 7.37. The number of carbonyl (C=O) groups excluding carboxylic acids is 2. The Morgan fingerprint density at radius 3 is 2.70 bits per heavy atom. The Bertz CT molecular complexity index is 641.